The predicted octanol–water partition coefficient (Wildman–Crippen LogP) is 2.11. The highest BCUT2D eigenvalue weighted by Crippen LogP contribution is 2.05. The van der Waals surface area contributed by atoms with Crippen molar-refractivity contribution in [3.63, 3.8) is 0 Å². The number of rotatable bonds is 6. The first-order chi connectivity index (χ1) is 8.52. The zero-order valence-electron chi connectivity index (χ0n) is 10.9. The summed E-state index contributed by atoms with van der Waals surface area (Å²) in [7, 11) is 0. The SMILES string of the molecule is CCCC(NC(=O)Cc1cccc(C)c1)C(N)=S. The van der Waals surface area contributed by atoms with Gasteiger partial charge in [-0.3, -0.25) is 4.79 Å². The Morgan fingerprint density at radius 2 is 2.22 bits per heavy atom. The first kappa shape index (κ1) is 14.6. The second-order valence-electron chi connectivity index (χ2n) is 4.48. The van der Waals surface area contributed by atoms with E-state index < -0.39 is 0 Å². The van der Waals surface area contributed by atoms with Gasteiger partial charge in [0.25, 0.3) is 0 Å². The Balaban J connectivity index is 2.57. The van der Waals surface area contributed by atoms with Crippen molar-refractivity contribution in [2.45, 2.75) is 39.2 Å². The van der Waals surface area contributed by atoms with Crippen LogP contribution in [0.25, 0.3) is 0 Å². The molecule has 0 aliphatic rings. The van der Waals surface area contributed by atoms with Gasteiger partial charge in [-0.15, -0.1) is 0 Å². The standard InChI is InChI=1S/C14H20N2OS/c1-3-5-12(14(15)18)16-13(17)9-11-7-4-6-10(2)8-11/h4,6-8,12H,3,5,9H2,1-2H3,(H2,15,18)(H,16,17). The number of aryl methyl sites for hydroxylation is 1. The van der Waals surface area contributed by atoms with Crippen LogP contribution in [0.15, 0.2) is 24.3 Å². The molecule has 1 aromatic carbocycles. The van der Waals surface area contributed by atoms with Crippen LogP contribution in [0.4, 0.5) is 0 Å². The normalized spacial score (nSPS) is 11.9. The van der Waals surface area contributed by atoms with E-state index in [-0.39, 0.29) is 11.9 Å². The van der Waals surface area contributed by atoms with E-state index in [1.807, 2.05) is 38.1 Å². The minimum Gasteiger partial charge on any atom is -0.392 e. The number of hydrogen-bond donors (Lipinski definition) is 2. The van der Waals surface area contributed by atoms with Gasteiger partial charge in [0, 0.05) is 0 Å². The number of benzene rings is 1. The van der Waals surface area contributed by atoms with E-state index in [1.165, 1.54) is 0 Å². The van der Waals surface area contributed by atoms with Gasteiger partial charge >= 0.3 is 0 Å². The molecular weight excluding hydrogens is 244 g/mol. The molecule has 0 fully saturated rings. The van der Waals surface area contributed by atoms with Crippen LogP contribution < -0.4 is 11.1 Å². The van der Waals surface area contributed by atoms with Crippen LogP contribution in [0.2, 0.25) is 0 Å². The molecule has 1 aromatic rings. The number of thiocarbonyl (C=S) groups is 1. The molecule has 3 N–H and O–H groups in total. The Hall–Kier alpha value is -1.42. The van der Waals surface area contributed by atoms with Gasteiger partial charge < -0.3 is 11.1 Å². The molecule has 0 saturated carbocycles. The van der Waals surface area contributed by atoms with Gasteiger partial charge in [0.05, 0.1) is 17.5 Å². The smallest absolute Gasteiger partial charge is 0.224 e. The van der Waals surface area contributed by atoms with Gasteiger partial charge in [0.2, 0.25) is 5.91 Å². The Bertz CT molecular complexity index is 432. The molecule has 98 valence electrons. The third-order valence-electron chi connectivity index (χ3n) is 2.70. The lowest BCUT2D eigenvalue weighted by atomic mass is 10.1. The summed E-state index contributed by atoms with van der Waals surface area (Å²) in [5.41, 5.74) is 7.76. The number of nitrogens with two attached hydrogens (primary N) is 1. The number of carbonyl (C=O) groups is 1. The van der Waals surface area contributed by atoms with Gasteiger partial charge in [-0.05, 0) is 18.9 Å². The molecule has 0 saturated heterocycles. The van der Waals surface area contributed by atoms with Crippen molar-refractivity contribution in [1.82, 2.24) is 5.32 Å². The summed E-state index contributed by atoms with van der Waals surface area (Å²) in [6.07, 6.45) is 2.09. The zero-order chi connectivity index (χ0) is 13.5. The zero-order valence-corrected chi connectivity index (χ0v) is 11.7. The first-order valence-electron chi connectivity index (χ1n) is 6.17. The number of nitrogens with one attached hydrogen (secondary N) is 1. The Morgan fingerprint density at radius 3 is 2.78 bits per heavy atom. The minimum atomic E-state index is -0.192. The average Bonchev–Trinajstić information content (AvgIpc) is 2.28. The maximum absolute atomic E-state index is 11.9. The molecule has 1 unspecified atom stereocenters. The van der Waals surface area contributed by atoms with Crippen LogP contribution in [-0.4, -0.2) is 16.9 Å². The number of carbonyl (C=O) groups excluding carboxylic acids is 1. The summed E-state index contributed by atoms with van der Waals surface area (Å²) in [4.78, 5) is 12.2. The third-order valence-corrected chi connectivity index (χ3v) is 2.99. The largest absolute Gasteiger partial charge is 0.392 e. The maximum Gasteiger partial charge on any atom is 0.224 e. The maximum atomic E-state index is 11.9. The molecule has 0 aromatic heterocycles. The molecule has 1 amide bonds. The minimum absolute atomic E-state index is 0.0353. The fraction of sp³-hybridized carbons (Fsp3) is 0.429. The molecule has 0 radical (unpaired) electrons. The van der Waals surface area contributed by atoms with Crippen molar-refractivity contribution in [3.05, 3.63) is 35.4 Å². The quantitative estimate of drug-likeness (QED) is 0.774. The van der Waals surface area contributed by atoms with Crippen LogP contribution in [0.3, 0.4) is 0 Å². The van der Waals surface area contributed by atoms with E-state index in [0.717, 1.165) is 24.0 Å². The molecule has 0 spiro atoms. The molecule has 3 nitrogen and oxygen atoms in total. The average molecular weight is 264 g/mol. The number of amides is 1. The van der Waals surface area contributed by atoms with Crippen molar-refractivity contribution in [3.8, 4) is 0 Å². The van der Waals surface area contributed by atoms with Crippen LogP contribution in [-0.2, 0) is 11.2 Å². The summed E-state index contributed by atoms with van der Waals surface area (Å²) >= 11 is 4.95. The lowest BCUT2D eigenvalue weighted by Gasteiger charge is -2.16. The third kappa shape index (κ3) is 4.84. The van der Waals surface area contributed by atoms with Crippen molar-refractivity contribution >= 4 is 23.1 Å². The van der Waals surface area contributed by atoms with E-state index in [4.69, 9.17) is 18.0 Å². The number of hydrogen-bond acceptors (Lipinski definition) is 2. The van der Waals surface area contributed by atoms with E-state index in [1.54, 1.807) is 0 Å². The van der Waals surface area contributed by atoms with Gasteiger partial charge in [-0.25, -0.2) is 0 Å². The van der Waals surface area contributed by atoms with E-state index >= 15 is 0 Å². The summed E-state index contributed by atoms with van der Waals surface area (Å²) in [6.45, 7) is 4.05. The fourth-order valence-corrected chi connectivity index (χ4v) is 2.00. The summed E-state index contributed by atoms with van der Waals surface area (Å²) in [5, 5.41) is 2.88. The highest BCUT2D eigenvalue weighted by molar-refractivity contribution is 7.80. The molecule has 0 heterocycles. The predicted molar refractivity (Wildman–Crippen MR) is 78.5 cm³/mol. The van der Waals surface area contributed by atoms with Crippen LogP contribution in [0.5, 0.6) is 0 Å². The van der Waals surface area contributed by atoms with Crippen molar-refractivity contribution in [2.24, 2.45) is 5.73 Å². The second kappa shape index (κ2) is 7.11. The molecule has 1 atom stereocenters. The van der Waals surface area contributed by atoms with Crippen molar-refractivity contribution in [1.29, 1.82) is 0 Å². The molecule has 0 aliphatic carbocycles. The Labute approximate surface area is 114 Å². The monoisotopic (exact) mass is 264 g/mol. The summed E-state index contributed by atoms with van der Waals surface area (Å²) < 4.78 is 0. The van der Waals surface area contributed by atoms with Gasteiger partial charge in [0.15, 0.2) is 0 Å². The van der Waals surface area contributed by atoms with E-state index in [9.17, 15) is 4.79 Å². The topological polar surface area (TPSA) is 55.1 Å². The summed E-state index contributed by atoms with van der Waals surface area (Å²) in [6, 6.07) is 7.73. The van der Waals surface area contributed by atoms with E-state index in [0.29, 0.717) is 11.4 Å². The molecule has 1 rings (SSSR count). The lowest BCUT2D eigenvalue weighted by Crippen LogP contribution is -2.43. The van der Waals surface area contributed by atoms with Gasteiger partial charge in [0.1, 0.15) is 0 Å². The van der Waals surface area contributed by atoms with Gasteiger partial charge in [-0.1, -0.05) is 55.4 Å². The van der Waals surface area contributed by atoms with Crippen molar-refractivity contribution in [2.75, 3.05) is 0 Å². The molecular formula is C14H20N2OS. The van der Waals surface area contributed by atoms with Gasteiger partial charge in [-0.2, -0.15) is 0 Å². The summed E-state index contributed by atoms with van der Waals surface area (Å²) in [5.74, 6) is -0.0353. The fourth-order valence-electron chi connectivity index (χ4n) is 1.83. The first-order valence-corrected chi connectivity index (χ1v) is 6.58. The highest BCUT2D eigenvalue weighted by Gasteiger charge is 2.14. The van der Waals surface area contributed by atoms with E-state index in [2.05, 4.69) is 5.32 Å². The molecule has 18 heavy (non-hydrogen) atoms. The lowest BCUT2D eigenvalue weighted by molar-refractivity contribution is -0.120. The second-order valence-corrected chi connectivity index (χ2v) is 4.95. The van der Waals surface area contributed by atoms with Crippen LogP contribution in [0, 0.1) is 6.92 Å². The highest BCUT2D eigenvalue weighted by atomic mass is 32.1. The molecule has 4 heteroatoms. The Kier molecular flexibility index (Phi) is 5.78. The Morgan fingerprint density at radius 1 is 1.50 bits per heavy atom. The molecule has 0 aliphatic heterocycles. The van der Waals surface area contributed by atoms with Crippen molar-refractivity contribution < 1.29 is 4.79 Å². The van der Waals surface area contributed by atoms with Crippen LogP contribution >= 0.6 is 12.2 Å². The molecule has 0 bridgehead atoms. The van der Waals surface area contributed by atoms with Crippen LogP contribution in [0.1, 0.15) is 30.9 Å².